The number of rotatable bonds is 6. The molecular formula is C14H18N2O2S. The lowest BCUT2D eigenvalue weighted by molar-refractivity contribution is 0.311. The zero-order valence-electron chi connectivity index (χ0n) is 11.4. The van der Waals surface area contributed by atoms with Crippen molar-refractivity contribution in [2.45, 2.75) is 13.5 Å². The van der Waals surface area contributed by atoms with Crippen LogP contribution in [0.5, 0.6) is 11.5 Å². The van der Waals surface area contributed by atoms with E-state index in [1.807, 2.05) is 38.4 Å². The summed E-state index contributed by atoms with van der Waals surface area (Å²) in [5.41, 5.74) is 1.05. The maximum atomic E-state index is 5.51. The lowest BCUT2D eigenvalue weighted by Crippen LogP contribution is -2.02. The smallest absolute Gasteiger partial charge is 0.161 e. The van der Waals surface area contributed by atoms with E-state index >= 15 is 0 Å². The molecule has 5 heteroatoms. The van der Waals surface area contributed by atoms with E-state index in [0.717, 1.165) is 28.6 Å². The molecule has 0 atom stereocenters. The van der Waals surface area contributed by atoms with Crippen molar-refractivity contribution in [1.29, 1.82) is 0 Å². The molecule has 0 aliphatic heterocycles. The Bertz CT molecular complexity index is 540. The number of nitrogens with zero attached hydrogens (tertiary/aromatic N) is 1. The topological polar surface area (TPSA) is 43.4 Å². The lowest BCUT2D eigenvalue weighted by Gasteiger charge is -2.09. The molecular weight excluding hydrogens is 260 g/mol. The maximum Gasteiger partial charge on any atom is 0.161 e. The van der Waals surface area contributed by atoms with Crippen LogP contribution in [0, 0.1) is 0 Å². The molecule has 0 amide bonds. The van der Waals surface area contributed by atoms with Gasteiger partial charge in [0.2, 0.25) is 0 Å². The third-order valence-corrected chi connectivity index (χ3v) is 3.66. The summed E-state index contributed by atoms with van der Waals surface area (Å²) >= 11 is 1.68. The van der Waals surface area contributed by atoms with Crippen LogP contribution in [0.15, 0.2) is 24.4 Å². The fourth-order valence-corrected chi connectivity index (χ4v) is 2.69. The molecule has 1 heterocycles. The van der Waals surface area contributed by atoms with E-state index in [4.69, 9.17) is 9.47 Å². The maximum absolute atomic E-state index is 5.51. The minimum absolute atomic E-state index is 0.624. The van der Waals surface area contributed by atoms with Gasteiger partial charge in [0.25, 0.3) is 0 Å². The van der Waals surface area contributed by atoms with Gasteiger partial charge in [-0.25, -0.2) is 4.98 Å². The van der Waals surface area contributed by atoms with E-state index in [1.54, 1.807) is 18.4 Å². The second-order valence-electron chi connectivity index (χ2n) is 3.96. The number of methoxy groups -OCH3 is 1. The van der Waals surface area contributed by atoms with Crippen LogP contribution in [-0.4, -0.2) is 25.7 Å². The van der Waals surface area contributed by atoms with Gasteiger partial charge in [-0.2, -0.15) is 0 Å². The van der Waals surface area contributed by atoms with E-state index in [2.05, 4.69) is 10.3 Å². The van der Waals surface area contributed by atoms with Crippen molar-refractivity contribution >= 4 is 11.3 Å². The van der Waals surface area contributed by atoms with Gasteiger partial charge in [0.05, 0.1) is 13.7 Å². The largest absolute Gasteiger partial charge is 0.493 e. The molecule has 1 aromatic carbocycles. The minimum atomic E-state index is 0.624. The van der Waals surface area contributed by atoms with E-state index < -0.39 is 0 Å². The van der Waals surface area contributed by atoms with Gasteiger partial charge in [0.1, 0.15) is 5.01 Å². The molecule has 0 saturated carbocycles. The molecule has 0 unspecified atom stereocenters. The lowest BCUT2D eigenvalue weighted by atomic mass is 10.2. The van der Waals surface area contributed by atoms with Crippen molar-refractivity contribution < 1.29 is 9.47 Å². The molecule has 0 bridgehead atoms. The number of benzene rings is 1. The standard InChI is InChI=1S/C14H18N2O2S/c1-4-18-12-6-5-10(7-13(12)17-3)14-16-9-11(19-14)8-15-2/h5-7,9,15H,4,8H2,1-3H3. The summed E-state index contributed by atoms with van der Waals surface area (Å²) in [5, 5.41) is 4.12. The number of nitrogens with one attached hydrogen (secondary N) is 1. The molecule has 0 spiro atoms. The molecule has 0 saturated heterocycles. The van der Waals surface area contributed by atoms with Gasteiger partial charge in [-0.15, -0.1) is 11.3 Å². The molecule has 0 fully saturated rings. The molecule has 0 aliphatic rings. The Morgan fingerprint density at radius 2 is 2.16 bits per heavy atom. The Hall–Kier alpha value is -1.59. The van der Waals surface area contributed by atoms with Crippen LogP contribution in [0.25, 0.3) is 10.6 Å². The second kappa shape index (κ2) is 6.54. The SMILES string of the molecule is CCOc1ccc(-c2ncc(CNC)s2)cc1OC. The summed E-state index contributed by atoms with van der Waals surface area (Å²) in [6, 6.07) is 5.90. The number of hydrogen-bond donors (Lipinski definition) is 1. The van der Waals surface area contributed by atoms with Gasteiger partial charge in [-0.3, -0.25) is 0 Å². The Kier molecular flexibility index (Phi) is 4.76. The zero-order valence-corrected chi connectivity index (χ0v) is 12.2. The summed E-state index contributed by atoms with van der Waals surface area (Å²) in [4.78, 5) is 5.65. The monoisotopic (exact) mass is 278 g/mol. The molecule has 0 aliphatic carbocycles. The zero-order chi connectivity index (χ0) is 13.7. The van der Waals surface area contributed by atoms with Gasteiger partial charge < -0.3 is 14.8 Å². The predicted octanol–water partition coefficient (Wildman–Crippen LogP) is 2.94. The average Bonchev–Trinajstić information content (AvgIpc) is 2.88. The number of hydrogen-bond acceptors (Lipinski definition) is 5. The Labute approximate surface area is 117 Å². The highest BCUT2D eigenvalue weighted by Crippen LogP contribution is 2.34. The van der Waals surface area contributed by atoms with Gasteiger partial charge in [-0.05, 0) is 32.2 Å². The summed E-state index contributed by atoms with van der Waals surface area (Å²) in [5.74, 6) is 1.51. The molecule has 1 aromatic heterocycles. The Morgan fingerprint density at radius 3 is 2.84 bits per heavy atom. The molecule has 19 heavy (non-hydrogen) atoms. The molecule has 4 nitrogen and oxygen atoms in total. The molecule has 0 radical (unpaired) electrons. The summed E-state index contributed by atoms with van der Waals surface area (Å²) < 4.78 is 10.9. The van der Waals surface area contributed by atoms with Crippen molar-refractivity contribution in [3.8, 4) is 22.1 Å². The highest BCUT2D eigenvalue weighted by molar-refractivity contribution is 7.15. The van der Waals surface area contributed by atoms with E-state index in [-0.39, 0.29) is 0 Å². The fraction of sp³-hybridized carbons (Fsp3) is 0.357. The highest BCUT2D eigenvalue weighted by atomic mass is 32.1. The summed E-state index contributed by atoms with van der Waals surface area (Å²) in [6.45, 7) is 3.42. The summed E-state index contributed by atoms with van der Waals surface area (Å²) in [6.07, 6.45) is 1.90. The van der Waals surface area contributed by atoms with Crippen LogP contribution in [-0.2, 0) is 6.54 Å². The third-order valence-electron chi connectivity index (χ3n) is 2.61. The fourth-order valence-electron chi connectivity index (χ4n) is 1.77. The van der Waals surface area contributed by atoms with E-state index in [9.17, 15) is 0 Å². The van der Waals surface area contributed by atoms with E-state index in [0.29, 0.717) is 6.61 Å². The van der Waals surface area contributed by atoms with Crippen molar-refractivity contribution in [3.05, 3.63) is 29.3 Å². The van der Waals surface area contributed by atoms with Crippen LogP contribution in [0.2, 0.25) is 0 Å². The number of thiazole rings is 1. The Morgan fingerprint density at radius 1 is 1.32 bits per heavy atom. The first-order valence-electron chi connectivity index (χ1n) is 6.19. The normalized spacial score (nSPS) is 10.5. The Balaban J connectivity index is 2.28. The van der Waals surface area contributed by atoms with Crippen LogP contribution >= 0.6 is 11.3 Å². The van der Waals surface area contributed by atoms with Crippen molar-refractivity contribution in [2.24, 2.45) is 0 Å². The number of aromatic nitrogens is 1. The van der Waals surface area contributed by atoms with Crippen molar-refractivity contribution in [2.75, 3.05) is 20.8 Å². The molecule has 2 rings (SSSR count). The quantitative estimate of drug-likeness (QED) is 0.882. The first-order chi connectivity index (χ1) is 9.28. The van der Waals surface area contributed by atoms with Crippen molar-refractivity contribution in [3.63, 3.8) is 0 Å². The minimum Gasteiger partial charge on any atom is -0.493 e. The highest BCUT2D eigenvalue weighted by Gasteiger charge is 2.09. The van der Waals surface area contributed by atoms with Gasteiger partial charge >= 0.3 is 0 Å². The van der Waals surface area contributed by atoms with Gasteiger partial charge in [-0.1, -0.05) is 0 Å². The first kappa shape index (κ1) is 13.8. The summed E-state index contributed by atoms with van der Waals surface area (Å²) in [7, 11) is 3.58. The predicted molar refractivity (Wildman–Crippen MR) is 78.0 cm³/mol. The van der Waals surface area contributed by atoms with E-state index in [1.165, 1.54) is 4.88 Å². The second-order valence-corrected chi connectivity index (χ2v) is 5.08. The third kappa shape index (κ3) is 3.24. The molecule has 2 aromatic rings. The molecule has 102 valence electrons. The van der Waals surface area contributed by atoms with Crippen LogP contribution in [0.4, 0.5) is 0 Å². The van der Waals surface area contributed by atoms with Crippen LogP contribution in [0.3, 0.4) is 0 Å². The van der Waals surface area contributed by atoms with Gasteiger partial charge in [0.15, 0.2) is 11.5 Å². The van der Waals surface area contributed by atoms with Gasteiger partial charge in [0, 0.05) is 23.2 Å². The van der Waals surface area contributed by atoms with Crippen molar-refractivity contribution in [1.82, 2.24) is 10.3 Å². The van der Waals surface area contributed by atoms with Crippen LogP contribution in [0.1, 0.15) is 11.8 Å². The average molecular weight is 278 g/mol. The first-order valence-corrected chi connectivity index (χ1v) is 7.00. The molecule has 1 N–H and O–H groups in total. The van der Waals surface area contributed by atoms with Crippen LogP contribution < -0.4 is 14.8 Å². The number of ether oxygens (including phenoxy) is 2.